The summed E-state index contributed by atoms with van der Waals surface area (Å²) in [7, 11) is 0. The fourth-order valence-electron chi connectivity index (χ4n) is 1.53. The predicted octanol–water partition coefficient (Wildman–Crippen LogP) is 2.20. The zero-order valence-corrected chi connectivity index (χ0v) is 11.3. The maximum atomic E-state index is 11.8. The number of hydrogen-bond donors (Lipinski definition) is 2. The Labute approximate surface area is 118 Å². The minimum atomic E-state index is -1.82. The minimum Gasteiger partial charge on any atom is -0.388 e. The second-order valence-corrected chi connectivity index (χ2v) is 6.16. The number of H-pyrrole nitrogens is 1. The van der Waals surface area contributed by atoms with E-state index in [1.54, 1.807) is 24.3 Å². The molecule has 18 heavy (non-hydrogen) atoms. The van der Waals surface area contributed by atoms with Crippen LogP contribution in [0.4, 0.5) is 0 Å². The van der Waals surface area contributed by atoms with Crippen molar-refractivity contribution in [3.8, 4) is 0 Å². The molecule has 96 valence electrons. The van der Waals surface area contributed by atoms with Gasteiger partial charge in [-0.3, -0.25) is 4.79 Å². The summed E-state index contributed by atoms with van der Waals surface area (Å²) in [4.78, 5) is 18.5. The van der Waals surface area contributed by atoms with Gasteiger partial charge < -0.3 is 10.1 Å². The number of halogens is 3. The van der Waals surface area contributed by atoms with Crippen LogP contribution in [-0.4, -0.2) is 25.0 Å². The number of aliphatic hydroxyl groups excluding tert-OH is 1. The van der Waals surface area contributed by atoms with Crippen LogP contribution in [0, 0.1) is 0 Å². The number of alkyl halides is 3. The molecular weight excluding hydrogens is 298 g/mol. The molecule has 0 unspecified atom stereocenters. The molecule has 2 N–H and O–H groups in total. The number of hydrogen-bond acceptors (Lipinski definition) is 3. The third-order valence-electron chi connectivity index (χ3n) is 2.43. The van der Waals surface area contributed by atoms with E-state index in [-0.39, 0.29) is 17.8 Å². The molecule has 0 aliphatic heterocycles. The number of aliphatic hydroxyl groups is 1. The molecule has 1 atom stereocenters. The Morgan fingerprint density at radius 2 is 2.00 bits per heavy atom. The van der Waals surface area contributed by atoms with Gasteiger partial charge in [-0.15, -0.1) is 0 Å². The molecule has 0 aliphatic carbocycles. The Morgan fingerprint density at radius 3 is 2.67 bits per heavy atom. The Morgan fingerprint density at radius 1 is 1.33 bits per heavy atom. The molecule has 0 saturated carbocycles. The first-order valence-corrected chi connectivity index (χ1v) is 6.24. The number of rotatable bonds is 2. The van der Waals surface area contributed by atoms with Crippen LogP contribution in [0.5, 0.6) is 0 Å². The molecule has 0 fully saturated rings. The third kappa shape index (κ3) is 2.95. The first kappa shape index (κ1) is 13.6. The van der Waals surface area contributed by atoms with Gasteiger partial charge in [-0.2, -0.15) is 0 Å². The van der Waals surface area contributed by atoms with Gasteiger partial charge in [0.15, 0.2) is 0 Å². The predicted molar refractivity (Wildman–Crippen MR) is 72.4 cm³/mol. The smallest absolute Gasteiger partial charge is 0.258 e. The summed E-state index contributed by atoms with van der Waals surface area (Å²) in [6.45, 7) is 0. The lowest BCUT2D eigenvalue weighted by atomic mass is 10.2. The highest BCUT2D eigenvalue weighted by atomic mass is 35.6. The van der Waals surface area contributed by atoms with Crippen molar-refractivity contribution in [3.63, 3.8) is 0 Å². The molecule has 0 saturated heterocycles. The number of nitrogens with one attached hydrogen (secondary N) is 1. The molecule has 7 heteroatoms. The maximum Gasteiger partial charge on any atom is 0.258 e. The van der Waals surface area contributed by atoms with Gasteiger partial charge in [0.1, 0.15) is 11.9 Å². The summed E-state index contributed by atoms with van der Waals surface area (Å²) >= 11 is 16.7. The normalized spacial score (nSPS) is 13.8. The van der Waals surface area contributed by atoms with Gasteiger partial charge in [-0.1, -0.05) is 46.9 Å². The van der Waals surface area contributed by atoms with Gasteiger partial charge in [-0.25, -0.2) is 4.98 Å². The summed E-state index contributed by atoms with van der Waals surface area (Å²) in [5.41, 5.74) is 0.250. The van der Waals surface area contributed by atoms with Gasteiger partial charge >= 0.3 is 0 Å². The highest BCUT2D eigenvalue weighted by Crippen LogP contribution is 2.31. The Kier molecular flexibility index (Phi) is 3.82. The second kappa shape index (κ2) is 5.05. The van der Waals surface area contributed by atoms with E-state index in [0.29, 0.717) is 10.9 Å². The van der Waals surface area contributed by atoms with E-state index in [9.17, 15) is 9.90 Å². The molecule has 1 aromatic carbocycles. The van der Waals surface area contributed by atoms with Crippen molar-refractivity contribution < 1.29 is 5.11 Å². The van der Waals surface area contributed by atoms with E-state index in [1.807, 2.05) is 0 Å². The average Bonchev–Trinajstić information content (AvgIpc) is 2.27. The SMILES string of the molecule is O=c1[nH]c(C[C@H](O)C(Cl)(Cl)Cl)nc2ccccc12. The molecule has 0 spiro atoms. The summed E-state index contributed by atoms with van der Waals surface area (Å²) in [5, 5.41) is 10.1. The lowest BCUT2D eigenvalue weighted by molar-refractivity contribution is 0.176. The largest absolute Gasteiger partial charge is 0.388 e. The van der Waals surface area contributed by atoms with Gasteiger partial charge in [0.2, 0.25) is 3.79 Å². The van der Waals surface area contributed by atoms with Crippen LogP contribution in [-0.2, 0) is 6.42 Å². The van der Waals surface area contributed by atoms with Crippen LogP contribution < -0.4 is 5.56 Å². The number of benzene rings is 1. The van der Waals surface area contributed by atoms with Crippen LogP contribution in [0.1, 0.15) is 5.82 Å². The quantitative estimate of drug-likeness (QED) is 0.836. The monoisotopic (exact) mass is 306 g/mol. The van der Waals surface area contributed by atoms with Gasteiger partial charge in [0.25, 0.3) is 5.56 Å². The molecule has 1 heterocycles. The van der Waals surface area contributed by atoms with Crippen molar-refractivity contribution in [1.29, 1.82) is 0 Å². The molecule has 0 radical (unpaired) electrons. The minimum absolute atomic E-state index is 0.0451. The Bertz CT molecular complexity index is 621. The molecule has 2 rings (SSSR count). The van der Waals surface area contributed by atoms with Crippen molar-refractivity contribution in [2.75, 3.05) is 0 Å². The Balaban J connectivity index is 2.39. The zero-order valence-electron chi connectivity index (χ0n) is 9.03. The van der Waals surface area contributed by atoms with Gasteiger partial charge in [-0.05, 0) is 12.1 Å². The standard InChI is InChI=1S/C11H9Cl3N2O2/c12-11(13,14)8(17)5-9-15-7-4-2-1-3-6(7)10(18)16-9/h1-4,8,17H,5H2,(H,15,16,18)/t8-/m0/s1. The fraction of sp³-hybridized carbons (Fsp3) is 0.273. The van der Waals surface area contributed by atoms with E-state index in [1.165, 1.54) is 0 Å². The number of para-hydroxylation sites is 1. The second-order valence-electron chi connectivity index (χ2n) is 3.79. The molecule has 0 amide bonds. The van der Waals surface area contributed by atoms with Gasteiger partial charge in [0.05, 0.1) is 10.9 Å². The van der Waals surface area contributed by atoms with Crippen molar-refractivity contribution in [2.24, 2.45) is 0 Å². The summed E-state index contributed by atoms with van der Waals surface area (Å²) in [5.74, 6) is 0.275. The third-order valence-corrected chi connectivity index (χ3v) is 3.18. The number of aromatic amines is 1. The number of nitrogens with zero attached hydrogens (tertiary/aromatic N) is 1. The Hall–Kier alpha value is -0.810. The molecule has 4 nitrogen and oxygen atoms in total. The zero-order chi connectivity index (χ0) is 13.3. The van der Waals surface area contributed by atoms with Crippen LogP contribution in [0.25, 0.3) is 10.9 Å². The maximum absolute atomic E-state index is 11.8. The molecule has 2 aromatic rings. The molecular formula is C11H9Cl3N2O2. The lowest BCUT2D eigenvalue weighted by Crippen LogP contribution is -2.29. The van der Waals surface area contributed by atoms with Crippen LogP contribution >= 0.6 is 34.8 Å². The van der Waals surface area contributed by atoms with E-state index in [4.69, 9.17) is 34.8 Å². The first-order chi connectivity index (χ1) is 8.38. The average molecular weight is 308 g/mol. The molecule has 1 aromatic heterocycles. The summed E-state index contributed by atoms with van der Waals surface area (Å²) < 4.78 is -1.82. The number of fused-ring (bicyclic) bond motifs is 1. The van der Waals surface area contributed by atoms with Crippen molar-refractivity contribution in [1.82, 2.24) is 9.97 Å². The fourth-order valence-corrected chi connectivity index (χ4v) is 1.76. The van der Waals surface area contributed by atoms with Crippen molar-refractivity contribution >= 4 is 45.7 Å². The molecule has 0 bridgehead atoms. The van der Waals surface area contributed by atoms with E-state index >= 15 is 0 Å². The highest BCUT2D eigenvalue weighted by Gasteiger charge is 2.31. The lowest BCUT2D eigenvalue weighted by Gasteiger charge is -2.18. The summed E-state index contributed by atoms with van der Waals surface area (Å²) in [6, 6.07) is 6.88. The van der Waals surface area contributed by atoms with Crippen molar-refractivity contribution in [2.45, 2.75) is 16.3 Å². The number of aromatic nitrogens is 2. The van der Waals surface area contributed by atoms with E-state index < -0.39 is 9.90 Å². The highest BCUT2D eigenvalue weighted by molar-refractivity contribution is 6.68. The van der Waals surface area contributed by atoms with Crippen LogP contribution in [0.3, 0.4) is 0 Å². The van der Waals surface area contributed by atoms with Crippen LogP contribution in [0.2, 0.25) is 0 Å². The first-order valence-electron chi connectivity index (χ1n) is 5.10. The topological polar surface area (TPSA) is 66.0 Å². The van der Waals surface area contributed by atoms with Crippen LogP contribution in [0.15, 0.2) is 29.1 Å². The van der Waals surface area contributed by atoms with E-state index in [2.05, 4.69) is 9.97 Å². The summed E-state index contributed by atoms with van der Waals surface area (Å²) in [6.07, 6.45) is -1.29. The van der Waals surface area contributed by atoms with Crippen molar-refractivity contribution in [3.05, 3.63) is 40.4 Å². The molecule has 0 aliphatic rings. The van der Waals surface area contributed by atoms with Gasteiger partial charge in [0, 0.05) is 6.42 Å². The van der Waals surface area contributed by atoms with E-state index in [0.717, 1.165) is 0 Å².